The van der Waals surface area contributed by atoms with E-state index in [1.165, 1.54) is 12.3 Å². The molecule has 1 heterocycles. The van der Waals surface area contributed by atoms with E-state index in [1.807, 2.05) is 0 Å². The number of hydrogen-bond donors (Lipinski definition) is 0. The van der Waals surface area contributed by atoms with Crippen molar-refractivity contribution in [1.29, 1.82) is 0 Å². The molecule has 0 aliphatic rings. The first kappa shape index (κ1) is 12.1. The second-order valence-corrected chi connectivity index (χ2v) is 3.51. The van der Waals surface area contributed by atoms with E-state index >= 15 is 0 Å². The number of pyridine rings is 1. The van der Waals surface area contributed by atoms with Crippen LogP contribution in [0.3, 0.4) is 0 Å². The first-order chi connectivity index (χ1) is 6.80. The quantitative estimate of drug-likeness (QED) is 0.789. The van der Waals surface area contributed by atoms with Crippen LogP contribution in [0.4, 0.5) is 13.2 Å². The van der Waals surface area contributed by atoms with Crippen LogP contribution < -0.4 is 4.74 Å². The molecule has 0 spiro atoms. The zero-order valence-electron chi connectivity index (χ0n) is 8.10. The Kier molecular flexibility index (Phi) is 3.44. The predicted molar refractivity (Wildman–Crippen MR) is 50.1 cm³/mol. The van der Waals surface area contributed by atoms with Gasteiger partial charge in [0, 0.05) is 6.20 Å². The second kappa shape index (κ2) is 4.26. The molecule has 2 nitrogen and oxygen atoms in total. The summed E-state index contributed by atoms with van der Waals surface area (Å²) in [6.45, 7) is 2.63. The molecule has 0 bridgehead atoms. The van der Waals surface area contributed by atoms with Gasteiger partial charge in [-0.25, -0.2) is 4.98 Å². The normalized spacial score (nSPS) is 13.7. The molecule has 1 aromatic rings. The number of ether oxygens (including phenoxy) is 1. The highest BCUT2D eigenvalue weighted by Crippen LogP contribution is 2.28. The molecule has 0 saturated heterocycles. The van der Waals surface area contributed by atoms with Gasteiger partial charge < -0.3 is 4.74 Å². The molecule has 0 fully saturated rings. The molecule has 84 valence electrons. The van der Waals surface area contributed by atoms with E-state index in [2.05, 4.69) is 9.72 Å². The lowest BCUT2D eigenvalue weighted by molar-refractivity contribution is -0.189. The molecule has 0 amide bonds. The van der Waals surface area contributed by atoms with Crippen molar-refractivity contribution >= 4 is 11.6 Å². The molecule has 0 radical (unpaired) electrons. The minimum absolute atomic E-state index is 0.0751. The van der Waals surface area contributed by atoms with Crippen molar-refractivity contribution in [3.8, 4) is 5.88 Å². The maximum atomic E-state index is 12.1. The molecule has 0 saturated carbocycles. The van der Waals surface area contributed by atoms with Crippen molar-refractivity contribution in [2.45, 2.75) is 26.1 Å². The predicted octanol–water partition coefficient (Wildman–Crippen LogP) is 3.37. The number of aryl methyl sites for hydroxylation is 1. The van der Waals surface area contributed by atoms with Gasteiger partial charge in [-0.15, -0.1) is 0 Å². The van der Waals surface area contributed by atoms with E-state index in [1.54, 1.807) is 6.92 Å². The molecule has 15 heavy (non-hydrogen) atoms. The van der Waals surface area contributed by atoms with Crippen molar-refractivity contribution < 1.29 is 17.9 Å². The topological polar surface area (TPSA) is 22.1 Å². The van der Waals surface area contributed by atoms with E-state index in [0.717, 1.165) is 12.5 Å². The summed E-state index contributed by atoms with van der Waals surface area (Å²) in [7, 11) is 0. The fourth-order valence-corrected chi connectivity index (χ4v) is 1.11. The van der Waals surface area contributed by atoms with Crippen molar-refractivity contribution in [3.05, 3.63) is 22.8 Å². The van der Waals surface area contributed by atoms with E-state index in [0.29, 0.717) is 0 Å². The third-order valence-electron chi connectivity index (χ3n) is 1.69. The fourth-order valence-electron chi connectivity index (χ4n) is 0.842. The van der Waals surface area contributed by atoms with Gasteiger partial charge in [-0.1, -0.05) is 11.6 Å². The Bertz CT molecular complexity index is 354. The Hall–Kier alpha value is -0.970. The largest absolute Gasteiger partial charge is 0.464 e. The zero-order chi connectivity index (χ0) is 11.6. The van der Waals surface area contributed by atoms with Crippen LogP contribution in [0.1, 0.15) is 12.5 Å². The Labute approximate surface area is 90.0 Å². The number of aromatic nitrogens is 1. The minimum atomic E-state index is -4.42. The summed E-state index contributed by atoms with van der Waals surface area (Å²) in [5.41, 5.74) is 0.756. The van der Waals surface area contributed by atoms with Crippen LogP contribution >= 0.6 is 11.6 Å². The molecule has 0 aromatic carbocycles. The van der Waals surface area contributed by atoms with Gasteiger partial charge >= 0.3 is 6.18 Å². The highest BCUT2D eigenvalue weighted by atomic mass is 35.5. The molecule has 6 heteroatoms. The van der Waals surface area contributed by atoms with E-state index in [-0.39, 0.29) is 10.9 Å². The van der Waals surface area contributed by atoms with Crippen LogP contribution in [-0.2, 0) is 0 Å². The maximum Gasteiger partial charge on any atom is 0.425 e. The van der Waals surface area contributed by atoms with Crippen LogP contribution in [0, 0.1) is 6.92 Å². The van der Waals surface area contributed by atoms with Gasteiger partial charge in [0.25, 0.3) is 0 Å². The van der Waals surface area contributed by atoms with Gasteiger partial charge in [-0.2, -0.15) is 13.2 Å². The monoisotopic (exact) mass is 239 g/mol. The highest BCUT2D eigenvalue weighted by Gasteiger charge is 2.38. The lowest BCUT2D eigenvalue weighted by Crippen LogP contribution is -2.31. The number of alkyl halides is 3. The molecular formula is C9H9ClF3NO. The maximum absolute atomic E-state index is 12.1. The fraction of sp³-hybridized carbons (Fsp3) is 0.444. The van der Waals surface area contributed by atoms with E-state index < -0.39 is 12.3 Å². The summed E-state index contributed by atoms with van der Waals surface area (Å²) >= 11 is 5.67. The molecule has 0 N–H and O–H groups in total. The minimum Gasteiger partial charge on any atom is -0.464 e. The van der Waals surface area contributed by atoms with Crippen LogP contribution in [0.2, 0.25) is 5.02 Å². The lowest BCUT2D eigenvalue weighted by atomic mass is 10.3. The summed E-state index contributed by atoms with van der Waals surface area (Å²) < 4.78 is 41.0. The van der Waals surface area contributed by atoms with Crippen molar-refractivity contribution in [2.24, 2.45) is 0 Å². The number of halogens is 4. The average Bonchev–Trinajstić information content (AvgIpc) is 2.08. The molecule has 1 rings (SSSR count). The first-order valence-electron chi connectivity index (χ1n) is 4.16. The van der Waals surface area contributed by atoms with E-state index in [9.17, 15) is 13.2 Å². The molecule has 0 aliphatic carbocycles. The second-order valence-electron chi connectivity index (χ2n) is 3.10. The smallest absolute Gasteiger partial charge is 0.425 e. The summed E-state index contributed by atoms with van der Waals surface area (Å²) in [6.07, 6.45) is -4.95. The van der Waals surface area contributed by atoms with Gasteiger partial charge in [0.15, 0.2) is 6.10 Å². The number of hydrogen-bond acceptors (Lipinski definition) is 2. The molecule has 1 aromatic heterocycles. The third kappa shape index (κ3) is 3.27. The van der Waals surface area contributed by atoms with Gasteiger partial charge in [0.05, 0.1) is 0 Å². The van der Waals surface area contributed by atoms with Gasteiger partial charge in [-0.3, -0.25) is 0 Å². The Morgan fingerprint density at radius 2 is 2.07 bits per heavy atom. The zero-order valence-corrected chi connectivity index (χ0v) is 8.86. The van der Waals surface area contributed by atoms with Crippen LogP contribution in [0.5, 0.6) is 5.88 Å². The highest BCUT2D eigenvalue weighted by molar-refractivity contribution is 6.31. The standard InChI is InChI=1S/C9H9ClF3NO/c1-5-3-7(10)8(14-4-5)15-6(2)9(11,12)13/h3-4,6H,1-2H3. The number of rotatable bonds is 2. The summed E-state index contributed by atoms with van der Waals surface area (Å²) in [5.74, 6) is -0.202. The van der Waals surface area contributed by atoms with Gasteiger partial charge in [0.2, 0.25) is 5.88 Å². The first-order valence-corrected chi connectivity index (χ1v) is 4.54. The summed E-state index contributed by atoms with van der Waals surface area (Å²) in [5, 5.41) is 0.0751. The Morgan fingerprint density at radius 1 is 1.47 bits per heavy atom. The molecule has 1 unspecified atom stereocenters. The van der Waals surface area contributed by atoms with Crippen LogP contribution in [0.25, 0.3) is 0 Å². The van der Waals surface area contributed by atoms with Gasteiger partial charge in [-0.05, 0) is 25.5 Å². The Balaban J connectivity index is 2.82. The molecular weight excluding hydrogens is 231 g/mol. The van der Waals surface area contributed by atoms with Gasteiger partial charge in [0.1, 0.15) is 5.02 Å². The summed E-state index contributed by atoms with van der Waals surface area (Å²) in [6, 6.07) is 1.49. The lowest BCUT2D eigenvalue weighted by Gasteiger charge is -2.17. The average molecular weight is 240 g/mol. The van der Waals surface area contributed by atoms with Crippen molar-refractivity contribution in [3.63, 3.8) is 0 Å². The summed E-state index contributed by atoms with van der Waals surface area (Å²) in [4.78, 5) is 3.68. The molecule has 1 atom stereocenters. The molecule has 0 aliphatic heterocycles. The van der Waals surface area contributed by atoms with E-state index in [4.69, 9.17) is 11.6 Å². The Morgan fingerprint density at radius 3 is 2.53 bits per heavy atom. The van der Waals surface area contributed by atoms with Crippen molar-refractivity contribution in [2.75, 3.05) is 0 Å². The SMILES string of the molecule is Cc1cnc(OC(C)C(F)(F)F)c(Cl)c1. The van der Waals surface area contributed by atoms with Crippen LogP contribution in [-0.4, -0.2) is 17.3 Å². The third-order valence-corrected chi connectivity index (χ3v) is 1.96. The van der Waals surface area contributed by atoms with Crippen molar-refractivity contribution in [1.82, 2.24) is 4.98 Å². The van der Waals surface area contributed by atoms with Crippen LogP contribution in [0.15, 0.2) is 12.3 Å². The number of nitrogens with zero attached hydrogens (tertiary/aromatic N) is 1.